The molecule has 0 radical (unpaired) electrons. The van der Waals surface area contributed by atoms with E-state index in [9.17, 15) is 24.6 Å². The second kappa shape index (κ2) is 10.5. The number of Topliss-reactive ketones (excluding diaryl/α,β-unsaturated/α-hetero) is 1. The summed E-state index contributed by atoms with van der Waals surface area (Å²) >= 11 is 1.03. The van der Waals surface area contributed by atoms with Gasteiger partial charge >= 0.3 is 5.97 Å². The van der Waals surface area contributed by atoms with Gasteiger partial charge in [-0.15, -0.1) is 11.8 Å². The van der Waals surface area contributed by atoms with Crippen LogP contribution in [0.5, 0.6) is 11.5 Å². The molecule has 31 heavy (non-hydrogen) atoms. The van der Waals surface area contributed by atoms with E-state index in [2.05, 4.69) is 0 Å². The number of aliphatic hydroxyl groups excluding tert-OH is 1. The molecule has 2 rings (SSSR count). The van der Waals surface area contributed by atoms with Crippen LogP contribution in [0.4, 0.5) is 0 Å². The molecular formula is C23H26O7S. The highest BCUT2D eigenvalue weighted by molar-refractivity contribution is 7.99. The second-order valence-electron chi connectivity index (χ2n) is 7.52. The number of hydrogen-bond acceptors (Lipinski definition) is 8. The van der Waals surface area contributed by atoms with Crippen molar-refractivity contribution in [1.82, 2.24) is 0 Å². The van der Waals surface area contributed by atoms with Gasteiger partial charge < -0.3 is 20.1 Å². The van der Waals surface area contributed by atoms with Gasteiger partial charge in [-0.1, -0.05) is 17.2 Å². The van der Waals surface area contributed by atoms with Crippen molar-refractivity contribution >= 4 is 29.3 Å². The largest absolute Gasteiger partial charge is 0.507 e. The number of thioether (sulfide) groups is 1. The molecule has 0 bridgehead atoms. The van der Waals surface area contributed by atoms with E-state index in [4.69, 9.17) is 9.84 Å². The Morgan fingerprint density at radius 2 is 1.81 bits per heavy atom. The topological polar surface area (TPSA) is 121 Å². The summed E-state index contributed by atoms with van der Waals surface area (Å²) in [7, 11) is 0. The minimum absolute atomic E-state index is 0.0792. The number of esters is 1. The molecule has 0 spiro atoms. The zero-order valence-corrected chi connectivity index (χ0v) is 18.7. The minimum Gasteiger partial charge on any atom is -0.507 e. The van der Waals surface area contributed by atoms with Crippen LogP contribution < -0.4 is 0 Å². The summed E-state index contributed by atoms with van der Waals surface area (Å²) in [4.78, 5) is 38.4. The predicted octanol–water partition coefficient (Wildman–Crippen LogP) is 3.72. The van der Waals surface area contributed by atoms with E-state index >= 15 is 0 Å². The molecule has 8 heteroatoms. The molecule has 0 saturated carbocycles. The monoisotopic (exact) mass is 446 g/mol. The molecule has 0 saturated heterocycles. The number of fused-ring (bicyclic) bond motifs is 1. The second-order valence-corrected chi connectivity index (χ2v) is 8.66. The van der Waals surface area contributed by atoms with E-state index in [1.807, 2.05) is 13.8 Å². The van der Waals surface area contributed by atoms with Crippen molar-refractivity contribution in [3.8, 4) is 11.5 Å². The molecule has 0 aromatic heterocycles. The van der Waals surface area contributed by atoms with Crippen LogP contribution in [0, 0.1) is 0 Å². The quantitative estimate of drug-likeness (QED) is 0.182. The highest BCUT2D eigenvalue weighted by Gasteiger charge is 2.36. The zero-order chi connectivity index (χ0) is 23.3. The minimum atomic E-state index is -1.04. The Kier molecular flexibility index (Phi) is 8.24. The molecule has 0 heterocycles. The number of phenols is 2. The van der Waals surface area contributed by atoms with Crippen LogP contribution in [0.2, 0.25) is 0 Å². The number of allylic oxidation sites excluding steroid dienone is 3. The number of phenolic OH excluding ortho intramolecular Hbond substituents is 2. The van der Waals surface area contributed by atoms with Crippen molar-refractivity contribution in [2.45, 2.75) is 45.1 Å². The van der Waals surface area contributed by atoms with E-state index in [0.717, 1.165) is 23.4 Å². The number of carbonyl (C=O) groups is 3. The van der Waals surface area contributed by atoms with Crippen LogP contribution in [-0.2, 0) is 9.53 Å². The molecule has 1 aromatic rings. The molecule has 1 aliphatic carbocycles. The van der Waals surface area contributed by atoms with Crippen molar-refractivity contribution in [2.75, 3.05) is 12.4 Å². The molecule has 7 nitrogen and oxygen atoms in total. The number of carbonyl (C=O) groups excluding carboxylic acids is 3. The maximum absolute atomic E-state index is 13.3. The van der Waals surface area contributed by atoms with Gasteiger partial charge in [0, 0.05) is 23.8 Å². The van der Waals surface area contributed by atoms with Gasteiger partial charge in [0.15, 0.2) is 11.6 Å². The third-order valence-electron chi connectivity index (χ3n) is 4.37. The fraction of sp³-hybridized carbons (Fsp3) is 0.348. The van der Waals surface area contributed by atoms with Gasteiger partial charge in [0.2, 0.25) is 0 Å². The van der Waals surface area contributed by atoms with Crippen LogP contribution >= 0.6 is 11.8 Å². The van der Waals surface area contributed by atoms with Crippen LogP contribution in [0.15, 0.2) is 45.9 Å². The maximum atomic E-state index is 13.3. The molecule has 1 aliphatic rings. The summed E-state index contributed by atoms with van der Waals surface area (Å²) in [6.45, 7) is 6.97. The third kappa shape index (κ3) is 5.86. The molecule has 1 unspecified atom stereocenters. The summed E-state index contributed by atoms with van der Waals surface area (Å²) in [5, 5.41) is 30.0. The standard InChI is InChI=1S/C23H26O7S/c1-12(2)5-6-17(30-19(27)9-13(3)4)14-10-15(25)20-16(26)11-18(31-8-7-24)23(29)21(20)22(14)28/h5,9-11,17,24,26,29H,6-8H2,1-4H3. The van der Waals surface area contributed by atoms with Gasteiger partial charge in [0.05, 0.1) is 22.6 Å². The maximum Gasteiger partial charge on any atom is 0.331 e. The Morgan fingerprint density at radius 1 is 1.13 bits per heavy atom. The highest BCUT2D eigenvalue weighted by Crippen LogP contribution is 2.42. The summed E-state index contributed by atoms with van der Waals surface area (Å²) in [6, 6.07) is 1.19. The lowest BCUT2D eigenvalue weighted by molar-refractivity contribution is -0.141. The summed E-state index contributed by atoms with van der Waals surface area (Å²) < 4.78 is 5.47. The van der Waals surface area contributed by atoms with E-state index in [0.29, 0.717) is 5.57 Å². The summed E-state index contributed by atoms with van der Waals surface area (Å²) in [5.41, 5.74) is 0.940. The van der Waals surface area contributed by atoms with Crippen LogP contribution in [0.1, 0.15) is 54.8 Å². The molecule has 0 fully saturated rings. The molecular weight excluding hydrogens is 420 g/mol. The molecule has 0 aliphatic heterocycles. The van der Waals surface area contributed by atoms with Gasteiger partial charge in [0.25, 0.3) is 0 Å². The highest BCUT2D eigenvalue weighted by atomic mass is 32.2. The van der Waals surface area contributed by atoms with E-state index < -0.39 is 35.1 Å². The average molecular weight is 447 g/mol. The van der Waals surface area contributed by atoms with Gasteiger partial charge in [-0.05, 0) is 39.8 Å². The zero-order valence-electron chi connectivity index (χ0n) is 17.9. The number of ketones is 2. The molecule has 0 amide bonds. The first kappa shape index (κ1) is 24.4. The first-order chi connectivity index (χ1) is 14.6. The molecule has 1 atom stereocenters. The number of rotatable bonds is 8. The average Bonchev–Trinajstić information content (AvgIpc) is 2.67. The number of hydrogen-bond donors (Lipinski definition) is 3. The third-order valence-corrected chi connectivity index (χ3v) is 5.38. The van der Waals surface area contributed by atoms with Crippen molar-refractivity contribution in [1.29, 1.82) is 0 Å². The number of ether oxygens (including phenoxy) is 1. The van der Waals surface area contributed by atoms with Crippen molar-refractivity contribution < 1.29 is 34.4 Å². The van der Waals surface area contributed by atoms with Gasteiger partial charge in [-0.25, -0.2) is 4.79 Å². The Bertz CT molecular complexity index is 994. The van der Waals surface area contributed by atoms with E-state index in [1.54, 1.807) is 19.9 Å². The van der Waals surface area contributed by atoms with Crippen LogP contribution in [-0.4, -0.2) is 51.3 Å². The van der Waals surface area contributed by atoms with Gasteiger partial charge in [0.1, 0.15) is 17.6 Å². The SMILES string of the molecule is CC(C)=CCC(OC(=O)C=C(C)C)C1=CC(=O)c2c(O)cc(SCCO)c(O)c2C1=O. The Labute approximate surface area is 185 Å². The summed E-state index contributed by atoms with van der Waals surface area (Å²) in [5.74, 6) is -2.70. The predicted molar refractivity (Wildman–Crippen MR) is 118 cm³/mol. The first-order valence-corrected chi connectivity index (χ1v) is 10.7. The van der Waals surface area contributed by atoms with Crippen molar-refractivity contribution in [3.63, 3.8) is 0 Å². The van der Waals surface area contributed by atoms with Crippen LogP contribution in [0.3, 0.4) is 0 Å². The molecule has 3 N–H and O–H groups in total. The van der Waals surface area contributed by atoms with Gasteiger partial charge in [-0.2, -0.15) is 0 Å². The first-order valence-electron chi connectivity index (χ1n) is 9.68. The van der Waals surface area contributed by atoms with Gasteiger partial charge in [-0.3, -0.25) is 9.59 Å². The van der Waals surface area contributed by atoms with E-state index in [-0.39, 0.29) is 40.4 Å². The lowest BCUT2D eigenvalue weighted by Gasteiger charge is -2.24. The number of aromatic hydroxyl groups is 2. The fourth-order valence-electron chi connectivity index (χ4n) is 3.02. The number of aliphatic hydroxyl groups is 1. The Morgan fingerprint density at radius 3 is 2.39 bits per heavy atom. The van der Waals surface area contributed by atoms with Crippen molar-refractivity contribution in [2.24, 2.45) is 0 Å². The normalized spacial score (nSPS) is 13.8. The number of benzene rings is 1. The molecule has 166 valence electrons. The fourth-order valence-corrected chi connectivity index (χ4v) is 3.77. The lowest BCUT2D eigenvalue weighted by atomic mass is 9.85. The van der Waals surface area contributed by atoms with Crippen LogP contribution in [0.25, 0.3) is 0 Å². The molecule has 1 aromatic carbocycles. The van der Waals surface area contributed by atoms with Crippen molar-refractivity contribution in [3.05, 3.63) is 52.1 Å². The van der Waals surface area contributed by atoms with E-state index in [1.165, 1.54) is 12.1 Å². The smallest absolute Gasteiger partial charge is 0.331 e. The summed E-state index contributed by atoms with van der Waals surface area (Å²) in [6.07, 6.45) is 3.23. The Hall–Kier alpha value is -2.84. The lowest BCUT2D eigenvalue weighted by Crippen LogP contribution is -2.29. The Balaban J connectivity index is 2.54.